The lowest BCUT2D eigenvalue weighted by Crippen LogP contribution is -2.32. The minimum Gasteiger partial charge on any atom is -0.465 e. The Bertz CT molecular complexity index is 444. The highest BCUT2D eigenvalue weighted by atomic mass is 16.4. The molecule has 0 spiro atoms. The number of rotatable bonds is 5. The third-order valence-electron chi connectivity index (χ3n) is 2.24. The minimum absolute atomic E-state index is 0.0214. The lowest BCUT2D eigenvalue weighted by molar-refractivity contribution is -0.124. The number of anilines is 2. The second-order valence-electron chi connectivity index (χ2n) is 3.59. The van der Waals surface area contributed by atoms with Gasteiger partial charge in [0.05, 0.1) is 6.20 Å². The van der Waals surface area contributed by atoms with Crippen molar-refractivity contribution < 1.29 is 19.8 Å². The molecule has 0 radical (unpaired) electrons. The first-order valence-corrected chi connectivity index (χ1v) is 5.15. The standard InChI is InChI=1S/C9H15N5O4/c1-14-7(10)5(4-12-14)13-8(16)6(15)2-3-11-9(17)18/h4,6,11,15H,2-3,10H2,1H3,(H,13,16)(H,17,18)/t6-/m0/s1. The number of aliphatic hydroxyl groups is 1. The maximum Gasteiger partial charge on any atom is 0.404 e. The maximum absolute atomic E-state index is 11.5. The van der Waals surface area contributed by atoms with Crippen LogP contribution in [-0.2, 0) is 11.8 Å². The summed E-state index contributed by atoms with van der Waals surface area (Å²) < 4.78 is 1.37. The van der Waals surface area contributed by atoms with Gasteiger partial charge in [-0.15, -0.1) is 0 Å². The summed E-state index contributed by atoms with van der Waals surface area (Å²) in [6.45, 7) is -0.0214. The van der Waals surface area contributed by atoms with Crippen molar-refractivity contribution in [1.82, 2.24) is 15.1 Å². The first-order valence-electron chi connectivity index (χ1n) is 5.15. The van der Waals surface area contributed by atoms with Gasteiger partial charge in [0.25, 0.3) is 5.91 Å². The van der Waals surface area contributed by atoms with Crippen LogP contribution in [0.25, 0.3) is 0 Å². The molecule has 0 aliphatic heterocycles. The monoisotopic (exact) mass is 257 g/mol. The molecule has 0 saturated carbocycles. The van der Waals surface area contributed by atoms with E-state index in [2.05, 4.69) is 10.4 Å². The number of hydrogen-bond donors (Lipinski definition) is 5. The number of amides is 2. The summed E-state index contributed by atoms with van der Waals surface area (Å²) in [6, 6.07) is 0. The Morgan fingerprint density at radius 2 is 2.28 bits per heavy atom. The molecule has 0 aliphatic carbocycles. The Kier molecular flexibility index (Phi) is 4.49. The molecule has 1 atom stereocenters. The summed E-state index contributed by atoms with van der Waals surface area (Å²) in [5.74, 6) is -0.402. The van der Waals surface area contributed by atoms with Crippen LogP contribution in [-0.4, -0.2) is 44.6 Å². The van der Waals surface area contributed by atoms with E-state index in [1.54, 1.807) is 7.05 Å². The van der Waals surface area contributed by atoms with Crippen LogP contribution in [0.2, 0.25) is 0 Å². The number of aromatic nitrogens is 2. The van der Waals surface area contributed by atoms with E-state index >= 15 is 0 Å². The quantitative estimate of drug-likeness (QED) is 0.456. The second-order valence-corrected chi connectivity index (χ2v) is 3.59. The van der Waals surface area contributed by atoms with E-state index in [4.69, 9.17) is 10.8 Å². The predicted octanol–water partition coefficient (Wildman–Crippen LogP) is -1.04. The smallest absolute Gasteiger partial charge is 0.404 e. The van der Waals surface area contributed by atoms with Crippen LogP contribution in [0.1, 0.15) is 6.42 Å². The zero-order chi connectivity index (χ0) is 13.7. The fraction of sp³-hybridized carbons (Fsp3) is 0.444. The van der Waals surface area contributed by atoms with Gasteiger partial charge in [-0.05, 0) is 6.42 Å². The highest BCUT2D eigenvalue weighted by Crippen LogP contribution is 2.16. The summed E-state index contributed by atoms with van der Waals surface area (Å²) >= 11 is 0. The number of nitrogen functional groups attached to an aromatic ring is 1. The van der Waals surface area contributed by atoms with E-state index in [1.165, 1.54) is 10.9 Å². The minimum atomic E-state index is -1.32. The van der Waals surface area contributed by atoms with E-state index < -0.39 is 18.1 Å². The summed E-state index contributed by atoms with van der Waals surface area (Å²) in [5.41, 5.74) is 5.90. The molecule has 18 heavy (non-hydrogen) atoms. The van der Waals surface area contributed by atoms with E-state index in [1.807, 2.05) is 5.32 Å². The number of hydrogen-bond acceptors (Lipinski definition) is 5. The molecular weight excluding hydrogens is 242 g/mol. The highest BCUT2D eigenvalue weighted by molar-refractivity contribution is 5.95. The third-order valence-corrected chi connectivity index (χ3v) is 2.24. The number of aryl methyl sites for hydroxylation is 1. The van der Waals surface area contributed by atoms with Gasteiger partial charge in [-0.2, -0.15) is 5.10 Å². The van der Waals surface area contributed by atoms with Crippen molar-refractivity contribution in [3.8, 4) is 0 Å². The van der Waals surface area contributed by atoms with Crippen LogP contribution < -0.4 is 16.4 Å². The predicted molar refractivity (Wildman–Crippen MR) is 62.9 cm³/mol. The van der Waals surface area contributed by atoms with Crippen LogP contribution in [0.4, 0.5) is 16.3 Å². The zero-order valence-corrected chi connectivity index (χ0v) is 9.75. The van der Waals surface area contributed by atoms with Crippen molar-refractivity contribution in [2.45, 2.75) is 12.5 Å². The number of nitrogens with zero attached hydrogens (tertiary/aromatic N) is 2. The van der Waals surface area contributed by atoms with Gasteiger partial charge in [0, 0.05) is 13.6 Å². The Morgan fingerprint density at radius 1 is 1.61 bits per heavy atom. The zero-order valence-electron chi connectivity index (χ0n) is 9.75. The average molecular weight is 257 g/mol. The molecule has 0 bridgehead atoms. The summed E-state index contributed by atoms with van der Waals surface area (Å²) in [5, 5.41) is 26.1. The van der Waals surface area contributed by atoms with Crippen molar-refractivity contribution in [3.05, 3.63) is 6.20 Å². The number of carbonyl (C=O) groups is 2. The van der Waals surface area contributed by atoms with Gasteiger partial charge in [0.1, 0.15) is 17.6 Å². The molecule has 1 rings (SSSR count). The molecule has 1 aromatic heterocycles. The van der Waals surface area contributed by atoms with Gasteiger partial charge in [0.2, 0.25) is 0 Å². The first-order chi connectivity index (χ1) is 8.41. The van der Waals surface area contributed by atoms with E-state index in [-0.39, 0.29) is 18.8 Å². The Morgan fingerprint density at radius 3 is 2.78 bits per heavy atom. The van der Waals surface area contributed by atoms with Crippen molar-refractivity contribution in [3.63, 3.8) is 0 Å². The lowest BCUT2D eigenvalue weighted by Gasteiger charge is -2.10. The van der Waals surface area contributed by atoms with Gasteiger partial charge < -0.3 is 26.6 Å². The highest BCUT2D eigenvalue weighted by Gasteiger charge is 2.17. The Balaban J connectivity index is 2.45. The molecule has 2 amide bonds. The van der Waals surface area contributed by atoms with Crippen LogP contribution in [0.3, 0.4) is 0 Å². The molecule has 6 N–H and O–H groups in total. The number of carbonyl (C=O) groups excluding carboxylic acids is 1. The normalized spacial score (nSPS) is 11.9. The van der Waals surface area contributed by atoms with Crippen molar-refractivity contribution in [2.75, 3.05) is 17.6 Å². The third kappa shape index (κ3) is 3.63. The van der Waals surface area contributed by atoms with E-state index in [0.717, 1.165) is 0 Å². The molecular formula is C9H15N5O4. The molecule has 9 nitrogen and oxygen atoms in total. The number of aliphatic hydroxyl groups excluding tert-OH is 1. The Labute approximate surface area is 103 Å². The van der Waals surface area contributed by atoms with Crippen LogP contribution in [0.5, 0.6) is 0 Å². The SMILES string of the molecule is Cn1ncc(NC(=O)[C@@H](O)CCNC(=O)O)c1N. The number of carboxylic acid groups (broad SMARTS) is 1. The van der Waals surface area contributed by atoms with E-state index in [9.17, 15) is 14.7 Å². The second kappa shape index (κ2) is 5.87. The maximum atomic E-state index is 11.5. The number of nitrogens with one attached hydrogen (secondary N) is 2. The van der Waals surface area contributed by atoms with Crippen LogP contribution >= 0.6 is 0 Å². The molecule has 0 aromatic carbocycles. The molecule has 0 aliphatic rings. The topological polar surface area (TPSA) is 142 Å². The summed E-state index contributed by atoms with van der Waals surface area (Å²) in [6.07, 6.45) is -1.20. The lowest BCUT2D eigenvalue weighted by atomic mass is 10.2. The van der Waals surface area contributed by atoms with Crippen LogP contribution in [0, 0.1) is 0 Å². The molecule has 100 valence electrons. The van der Waals surface area contributed by atoms with Crippen molar-refractivity contribution >= 4 is 23.5 Å². The number of nitrogens with two attached hydrogens (primary N) is 1. The molecule has 0 unspecified atom stereocenters. The van der Waals surface area contributed by atoms with Gasteiger partial charge in [-0.25, -0.2) is 4.79 Å². The molecule has 0 fully saturated rings. The largest absolute Gasteiger partial charge is 0.465 e. The summed E-state index contributed by atoms with van der Waals surface area (Å²) in [4.78, 5) is 21.7. The molecule has 9 heteroatoms. The van der Waals surface area contributed by atoms with Gasteiger partial charge in [-0.3, -0.25) is 9.48 Å². The van der Waals surface area contributed by atoms with Crippen LogP contribution in [0.15, 0.2) is 6.20 Å². The molecule has 1 aromatic rings. The Hall–Kier alpha value is -2.29. The van der Waals surface area contributed by atoms with Gasteiger partial charge in [-0.1, -0.05) is 0 Å². The molecule has 0 saturated heterocycles. The fourth-order valence-corrected chi connectivity index (χ4v) is 1.21. The summed E-state index contributed by atoms with van der Waals surface area (Å²) in [7, 11) is 1.61. The van der Waals surface area contributed by atoms with Crippen molar-refractivity contribution in [2.24, 2.45) is 7.05 Å². The van der Waals surface area contributed by atoms with Gasteiger partial charge >= 0.3 is 6.09 Å². The van der Waals surface area contributed by atoms with E-state index in [0.29, 0.717) is 5.69 Å². The molecule has 1 heterocycles. The van der Waals surface area contributed by atoms with Gasteiger partial charge in [0.15, 0.2) is 0 Å². The average Bonchev–Trinajstić information content (AvgIpc) is 2.60. The van der Waals surface area contributed by atoms with Crippen molar-refractivity contribution in [1.29, 1.82) is 0 Å². The first kappa shape index (κ1) is 13.8. The fourth-order valence-electron chi connectivity index (χ4n) is 1.21.